The topological polar surface area (TPSA) is 74.6 Å². The molecule has 1 aromatic heterocycles. The Bertz CT molecular complexity index is 581. The SMILES string of the molecule is CC(=NO)c1csc(NC(=O)C2C3C4CCC(C4)C23)n1. The van der Waals surface area contributed by atoms with Gasteiger partial charge in [-0.1, -0.05) is 5.16 Å². The Labute approximate surface area is 121 Å². The summed E-state index contributed by atoms with van der Waals surface area (Å²) in [6.07, 6.45) is 4.00. The van der Waals surface area contributed by atoms with Crippen LogP contribution in [0, 0.1) is 29.6 Å². The van der Waals surface area contributed by atoms with Crippen molar-refractivity contribution in [3.63, 3.8) is 0 Å². The average Bonchev–Trinajstić information content (AvgIpc) is 2.84. The second kappa shape index (κ2) is 4.28. The van der Waals surface area contributed by atoms with Crippen molar-refractivity contribution in [1.82, 2.24) is 4.98 Å². The number of carbonyl (C=O) groups excluding carboxylic acids is 1. The van der Waals surface area contributed by atoms with Crippen LogP contribution in [0.5, 0.6) is 0 Å². The summed E-state index contributed by atoms with van der Waals surface area (Å²) in [5, 5.41) is 17.2. The minimum atomic E-state index is 0.135. The molecule has 4 unspecified atom stereocenters. The fourth-order valence-corrected chi connectivity index (χ4v) is 5.17. The third kappa shape index (κ3) is 1.70. The van der Waals surface area contributed by atoms with Crippen molar-refractivity contribution in [3.05, 3.63) is 11.1 Å². The number of nitrogens with one attached hydrogen (secondary N) is 1. The van der Waals surface area contributed by atoms with Gasteiger partial charge in [0.15, 0.2) is 5.13 Å². The van der Waals surface area contributed by atoms with Crippen molar-refractivity contribution in [1.29, 1.82) is 0 Å². The molecule has 106 valence electrons. The maximum atomic E-state index is 12.3. The van der Waals surface area contributed by atoms with Crippen LogP contribution in [0.2, 0.25) is 0 Å². The van der Waals surface area contributed by atoms with E-state index in [1.807, 2.05) is 0 Å². The number of rotatable bonds is 3. The quantitative estimate of drug-likeness (QED) is 0.510. The van der Waals surface area contributed by atoms with Gasteiger partial charge in [-0.15, -0.1) is 11.3 Å². The molecule has 4 rings (SSSR count). The molecule has 3 saturated carbocycles. The first-order valence-electron chi connectivity index (χ1n) is 7.14. The van der Waals surface area contributed by atoms with Gasteiger partial charge < -0.3 is 10.5 Å². The molecule has 2 N–H and O–H groups in total. The van der Waals surface area contributed by atoms with Crippen molar-refractivity contribution in [2.75, 3.05) is 5.32 Å². The van der Waals surface area contributed by atoms with Gasteiger partial charge in [-0.25, -0.2) is 4.98 Å². The molecule has 6 heteroatoms. The number of hydrogen-bond donors (Lipinski definition) is 2. The summed E-state index contributed by atoms with van der Waals surface area (Å²) in [7, 11) is 0. The molecule has 20 heavy (non-hydrogen) atoms. The summed E-state index contributed by atoms with van der Waals surface area (Å²) in [4.78, 5) is 16.6. The summed E-state index contributed by atoms with van der Waals surface area (Å²) in [5.41, 5.74) is 1.08. The Morgan fingerprint density at radius 2 is 2.15 bits per heavy atom. The van der Waals surface area contributed by atoms with E-state index in [1.165, 1.54) is 30.6 Å². The standard InChI is InChI=1S/C14H17N3O2S/c1-6(17-19)9-5-20-14(15-9)16-13(18)12-10-7-2-3-8(4-7)11(10)12/h5,7-8,10-12,19H,2-4H2,1H3,(H,15,16,18). The van der Waals surface area contributed by atoms with Crippen LogP contribution in [0.3, 0.4) is 0 Å². The lowest BCUT2D eigenvalue weighted by Crippen LogP contribution is -2.18. The van der Waals surface area contributed by atoms with E-state index in [2.05, 4.69) is 15.5 Å². The zero-order valence-electron chi connectivity index (χ0n) is 11.2. The van der Waals surface area contributed by atoms with Crippen LogP contribution >= 0.6 is 11.3 Å². The number of oxime groups is 1. The van der Waals surface area contributed by atoms with Gasteiger partial charge in [-0.2, -0.15) is 0 Å². The molecule has 1 amide bonds. The molecule has 0 aromatic carbocycles. The molecule has 1 heterocycles. The second-order valence-corrected chi connectivity index (χ2v) is 7.08. The summed E-state index contributed by atoms with van der Waals surface area (Å²) in [6, 6.07) is 0. The molecule has 0 saturated heterocycles. The normalized spacial score (nSPS) is 37.9. The van der Waals surface area contributed by atoms with Crippen molar-refractivity contribution in [2.45, 2.75) is 26.2 Å². The number of fused-ring (bicyclic) bond motifs is 5. The van der Waals surface area contributed by atoms with E-state index in [-0.39, 0.29) is 11.8 Å². The van der Waals surface area contributed by atoms with Crippen molar-refractivity contribution in [3.8, 4) is 0 Å². The Morgan fingerprint density at radius 3 is 2.80 bits per heavy atom. The van der Waals surface area contributed by atoms with Gasteiger partial charge in [0.2, 0.25) is 5.91 Å². The number of aromatic nitrogens is 1. The molecule has 3 aliphatic rings. The van der Waals surface area contributed by atoms with E-state index in [0.29, 0.717) is 28.4 Å². The van der Waals surface area contributed by atoms with E-state index in [1.54, 1.807) is 12.3 Å². The molecular formula is C14H17N3O2S. The molecule has 3 aliphatic carbocycles. The molecule has 1 aromatic rings. The molecule has 0 radical (unpaired) electrons. The number of nitrogens with zero attached hydrogens (tertiary/aromatic N) is 2. The van der Waals surface area contributed by atoms with Gasteiger partial charge >= 0.3 is 0 Å². The molecule has 4 atom stereocenters. The minimum absolute atomic E-state index is 0.135. The zero-order valence-corrected chi connectivity index (χ0v) is 12.1. The number of carbonyl (C=O) groups is 1. The monoisotopic (exact) mass is 291 g/mol. The maximum Gasteiger partial charge on any atom is 0.229 e. The molecule has 5 nitrogen and oxygen atoms in total. The fraction of sp³-hybridized carbons (Fsp3) is 0.643. The Hall–Kier alpha value is -1.43. The van der Waals surface area contributed by atoms with Gasteiger partial charge in [-0.05, 0) is 49.9 Å². The first kappa shape index (κ1) is 12.3. The highest BCUT2D eigenvalue weighted by atomic mass is 32.1. The minimum Gasteiger partial charge on any atom is -0.411 e. The molecule has 2 bridgehead atoms. The molecule has 3 fully saturated rings. The van der Waals surface area contributed by atoms with Crippen LogP contribution < -0.4 is 5.32 Å². The van der Waals surface area contributed by atoms with Crippen LogP contribution in [0.15, 0.2) is 10.5 Å². The number of hydrogen-bond acceptors (Lipinski definition) is 5. The van der Waals surface area contributed by atoms with Crippen LogP contribution in [-0.4, -0.2) is 21.8 Å². The molecular weight excluding hydrogens is 274 g/mol. The highest BCUT2D eigenvalue weighted by Crippen LogP contribution is 2.69. The predicted molar refractivity (Wildman–Crippen MR) is 76.0 cm³/mol. The first-order chi connectivity index (χ1) is 9.69. The summed E-state index contributed by atoms with van der Waals surface area (Å²) < 4.78 is 0. The lowest BCUT2D eigenvalue weighted by atomic mass is 10.0. The van der Waals surface area contributed by atoms with Gasteiger partial charge in [0.25, 0.3) is 0 Å². The number of thiazole rings is 1. The van der Waals surface area contributed by atoms with Crippen molar-refractivity contribution >= 4 is 28.1 Å². The van der Waals surface area contributed by atoms with Gasteiger partial charge in [0.05, 0.1) is 0 Å². The summed E-state index contributed by atoms with van der Waals surface area (Å²) in [6.45, 7) is 1.68. The van der Waals surface area contributed by atoms with E-state index in [4.69, 9.17) is 5.21 Å². The van der Waals surface area contributed by atoms with Crippen LogP contribution in [0.4, 0.5) is 5.13 Å². The number of anilines is 1. The third-order valence-electron chi connectivity index (χ3n) is 5.29. The molecule has 0 aliphatic heterocycles. The van der Waals surface area contributed by atoms with E-state index in [9.17, 15) is 4.79 Å². The largest absolute Gasteiger partial charge is 0.411 e. The summed E-state index contributed by atoms with van der Waals surface area (Å²) >= 11 is 1.38. The number of amides is 1. The highest BCUT2D eigenvalue weighted by Gasteiger charge is 2.67. The fourth-order valence-electron chi connectivity index (χ4n) is 4.41. The Balaban J connectivity index is 1.43. The van der Waals surface area contributed by atoms with Crippen LogP contribution in [0.1, 0.15) is 31.9 Å². The Morgan fingerprint density at radius 1 is 1.45 bits per heavy atom. The zero-order chi connectivity index (χ0) is 13.9. The van der Waals surface area contributed by atoms with Crippen LogP contribution in [0.25, 0.3) is 0 Å². The van der Waals surface area contributed by atoms with Gasteiger partial charge in [0.1, 0.15) is 11.4 Å². The van der Waals surface area contributed by atoms with Crippen LogP contribution in [-0.2, 0) is 4.79 Å². The van der Waals surface area contributed by atoms with Crippen molar-refractivity contribution in [2.24, 2.45) is 34.7 Å². The lowest BCUT2D eigenvalue weighted by molar-refractivity contribution is -0.118. The maximum absolute atomic E-state index is 12.3. The smallest absolute Gasteiger partial charge is 0.229 e. The Kier molecular flexibility index (Phi) is 2.64. The lowest BCUT2D eigenvalue weighted by Gasteiger charge is -2.07. The highest BCUT2D eigenvalue weighted by molar-refractivity contribution is 7.14. The predicted octanol–water partition coefficient (Wildman–Crippen LogP) is 2.57. The third-order valence-corrected chi connectivity index (χ3v) is 6.05. The van der Waals surface area contributed by atoms with Gasteiger partial charge in [-0.3, -0.25) is 4.79 Å². The molecule has 0 spiro atoms. The van der Waals surface area contributed by atoms with E-state index < -0.39 is 0 Å². The van der Waals surface area contributed by atoms with Crippen molar-refractivity contribution < 1.29 is 10.0 Å². The average molecular weight is 291 g/mol. The van der Waals surface area contributed by atoms with E-state index >= 15 is 0 Å². The summed E-state index contributed by atoms with van der Waals surface area (Å²) in [5.74, 6) is 3.26. The van der Waals surface area contributed by atoms with Gasteiger partial charge in [0, 0.05) is 11.3 Å². The first-order valence-corrected chi connectivity index (χ1v) is 8.02. The van der Waals surface area contributed by atoms with E-state index in [0.717, 1.165) is 11.8 Å². The second-order valence-electron chi connectivity index (χ2n) is 6.23.